The fourth-order valence-electron chi connectivity index (χ4n) is 1.40. The molecule has 0 atom stereocenters. The molecule has 6 nitrogen and oxygen atoms in total. The summed E-state index contributed by atoms with van der Waals surface area (Å²) in [6.45, 7) is 0. The quantitative estimate of drug-likeness (QED) is 0.713. The molecule has 19 heavy (non-hydrogen) atoms. The van der Waals surface area contributed by atoms with E-state index in [1.165, 1.54) is 0 Å². The van der Waals surface area contributed by atoms with Crippen LogP contribution >= 0.6 is 0 Å². The van der Waals surface area contributed by atoms with Gasteiger partial charge in [0.1, 0.15) is 4.90 Å². The van der Waals surface area contributed by atoms with Crippen LogP contribution in [0.3, 0.4) is 0 Å². The van der Waals surface area contributed by atoms with Gasteiger partial charge in [-0.05, 0) is 25.0 Å². The van der Waals surface area contributed by atoms with Crippen molar-refractivity contribution in [2.24, 2.45) is 0 Å². The number of carbonyl (C=O) groups is 1. The second-order valence-electron chi connectivity index (χ2n) is 4.17. The Morgan fingerprint density at radius 1 is 1.32 bits per heavy atom. The first-order chi connectivity index (χ1) is 8.79. The zero-order valence-electron chi connectivity index (χ0n) is 9.61. The van der Waals surface area contributed by atoms with Crippen molar-refractivity contribution in [2.75, 3.05) is 5.73 Å². The topological polar surface area (TPSA) is 101 Å². The van der Waals surface area contributed by atoms with Crippen molar-refractivity contribution in [3.63, 3.8) is 0 Å². The Labute approximate surface area is 108 Å². The number of urea groups is 1. The summed E-state index contributed by atoms with van der Waals surface area (Å²) in [6, 6.07) is 0.339. The van der Waals surface area contributed by atoms with Gasteiger partial charge in [-0.25, -0.2) is 26.7 Å². The van der Waals surface area contributed by atoms with Crippen molar-refractivity contribution < 1.29 is 22.0 Å². The lowest BCUT2D eigenvalue weighted by molar-refractivity contribution is 0.245. The number of rotatable bonds is 3. The number of hydrogen-bond acceptors (Lipinski definition) is 4. The molecule has 1 aromatic rings. The molecule has 2 amide bonds. The van der Waals surface area contributed by atoms with Gasteiger partial charge in [-0.15, -0.1) is 0 Å². The summed E-state index contributed by atoms with van der Waals surface area (Å²) in [7, 11) is -4.51. The third-order valence-electron chi connectivity index (χ3n) is 2.45. The van der Waals surface area contributed by atoms with Gasteiger partial charge in [0.15, 0.2) is 11.6 Å². The minimum atomic E-state index is -4.51. The largest absolute Gasteiger partial charge is 0.399 e. The van der Waals surface area contributed by atoms with Crippen molar-refractivity contribution in [3.8, 4) is 0 Å². The van der Waals surface area contributed by atoms with Gasteiger partial charge in [-0.1, -0.05) is 0 Å². The van der Waals surface area contributed by atoms with Crippen LogP contribution in [-0.4, -0.2) is 20.5 Å². The molecular formula is C10H11F2N3O3S. The number of nitrogen functional groups attached to an aromatic ring is 1. The molecule has 0 aliphatic heterocycles. The number of halogens is 2. The molecule has 0 unspecified atom stereocenters. The first-order valence-corrected chi connectivity index (χ1v) is 6.86. The van der Waals surface area contributed by atoms with E-state index >= 15 is 0 Å². The number of hydrogen-bond donors (Lipinski definition) is 3. The van der Waals surface area contributed by atoms with Gasteiger partial charge in [0.25, 0.3) is 10.0 Å². The lowest BCUT2D eigenvalue weighted by atomic mass is 10.3. The van der Waals surface area contributed by atoms with Crippen LogP contribution in [0, 0.1) is 11.6 Å². The molecule has 0 heterocycles. The van der Waals surface area contributed by atoms with E-state index in [1.807, 2.05) is 0 Å². The summed E-state index contributed by atoms with van der Waals surface area (Å²) in [5, 5.41) is 2.35. The lowest BCUT2D eigenvalue weighted by Crippen LogP contribution is -2.40. The molecule has 0 spiro atoms. The number of benzene rings is 1. The van der Waals surface area contributed by atoms with Gasteiger partial charge >= 0.3 is 6.03 Å². The van der Waals surface area contributed by atoms with Crippen molar-refractivity contribution in [2.45, 2.75) is 23.8 Å². The van der Waals surface area contributed by atoms with Gasteiger partial charge in [-0.2, -0.15) is 0 Å². The van der Waals surface area contributed by atoms with Crippen LogP contribution in [-0.2, 0) is 10.0 Å². The highest BCUT2D eigenvalue weighted by atomic mass is 32.2. The normalized spacial score (nSPS) is 15.1. The SMILES string of the molecule is Nc1cc(F)c(F)c(S(=O)(=O)NC(=O)NC2CC2)c1. The molecule has 0 saturated heterocycles. The second kappa shape index (κ2) is 4.65. The molecule has 4 N–H and O–H groups in total. The van der Waals surface area contributed by atoms with Crippen LogP contribution in [0.2, 0.25) is 0 Å². The Hall–Kier alpha value is -1.90. The van der Waals surface area contributed by atoms with Crippen molar-refractivity contribution in [3.05, 3.63) is 23.8 Å². The predicted octanol–water partition coefficient (Wildman–Crippen LogP) is 0.697. The van der Waals surface area contributed by atoms with Crippen molar-refractivity contribution in [1.82, 2.24) is 10.0 Å². The highest BCUT2D eigenvalue weighted by molar-refractivity contribution is 7.90. The van der Waals surface area contributed by atoms with Gasteiger partial charge in [0.2, 0.25) is 0 Å². The van der Waals surface area contributed by atoms with E-state index in [1.54, 1.807) is 4.72 Å². The van der Waals surface area contributed by atoms with Crippen LogP contribution in [0.5, 0.6) is 0 Å². The first kappa shape index (κ1) is 13.5. The Kier molecular flexibility index (Phi) is 3.31. The molecular weight excluding hydrogens is 280 g/mol. The summed E-state index contributed by atoms with van der Waals surface area (Å²) < 4.78 is 51.6. The Morgan fingerprint density at radius 3 is 2.53 bits per heavy atom. The molecule has 1 aromatic carbocycles. The van der Waals surface area contributed by atoms with E-state index in [0.29, 0.717) is 6.07 Å². The molecule has 1 aliphatic rings. The maximum absolute atomic E-state index is 13.4. The summed E-state index contributed by atoms with van der Waals surface area (Å²) in [5.74, 6) is -2.98. The van der Waals surface area contributed by atoms with Crippen molar-refractivity contribution in [1.29, 1.82) is 0 Å². The Bertz CT molecular complexity index is 629. The lowest BCUT2D eigenvalue weighted by Gasteiger charge is -2.09. The van der Waals surface area contributed by atoms with Gasteiger partial charge in [-0.3, -0.25) is 0 Å². The number of nitrogens with one attached hydrogen (secondary N) is 2. The first-order valence-electron chi connectivity index (χ1n) is 5.37. The van der Waals surface area contributed by atoms with Gasteiger partial charge in [0.05, 0.1) is 0 Å². The molecule has 2 rings (SSSR count). The molecule has 9 heteroatoms. The molecule has 1 saturated carbocycles. The fourth-order valence-corrected chi connectivity index (χ4v) is 2.44. The van der Waals surface area contributed by atoms with E-state index in [4.69, 9.17) is 5.73 Å². The van der Waals surface area contributed by atoms with E-state index in [2.05, 4.69) is 5.32 Å². The standard InChI is InChI=1S/C10H11F2N3O3S/c11-7-3-5(13)4-8(9(7)12)19(17,18)15-10(16)14-6-1-2-6/h3-4,6H,1-2,13H2,(H2,14,15,16). The third kappa shape index (κ3) is 3.11. The highest BCUT2D eigenvalue weighted by Crippen LogP contribution is 2.21. The smallest absolute Gasteiger partial charge is 0.328 e. The minimum absolute atomic E-state index is 0.0716. The van der Waals surface area contributed by atoms with Crippen LogP contribution in [0.1, 0.15) is 12.8 Å². The molecule has 0 aromatic heterocycles. The van der Waals surface area contributed by atoms with Crippen LogP contribution in [0.4, 0.5) is 19.3 Å². The second-order valence-corrected chi connectivity index (χ2v) is 5.82. The summed E-state index contributed by atoms with van der Waals surface area (Å²) in [4.78, 5) is 10.3. The van der Waals surface area contributed by atoms with E-state index in [0.717, 1.165) is 18.9 Å². The average Bonchev–Trinajstić information content (AvgIpc) is 3.05. The number of carbonyl (C=O) groups excluding carboxylic acids is 1. The zero-order valence-corrected chi connectivity index (χ0v) is 10.4. The molecule has 0 radical (unpaired) electrons. The average molecular weight is 291 g/mol. The molecule has 104 valence electrons. The number of amides is 2. The van der Waals surface area contributed by atoms with Gasteiger partial charge in [0, 0.05) is 11.7 Å². The summed E-state index contributed by atoms with van der Waals surface area (Å²) >= 11 is 0. The van der Waals surface area contributed by atoms with Gasteiger partial charge < -0.3 is 11.1 Å². The van der Waals surface area contributed by atoms with Crippen LogP contribution in [0.15, 0.2) is 17.0 Å². The predicted molar refractivity (Wildman–Crippen MR) is 62.6 cm³/mol. The van der Waals surface area contributed by atoms with Crippen molar-refractivity contribution >= 4 is 21.7 Å². The monoisotopic (exact) mass is 291 g/mol. The fraction of sp³-hybridized carbons (Fsp3) is 0.300. The molecule has 1 aliphatic carbocycles. The number of nitrogens with two attached hydrogens (primary N) is 1. The summed E-state index contributed by atoms with van der Waals surface area (Å²) in [6.07, 6.45) is 1.52. The molecule has 0 bridgehead atoms. The third-order valence-corrected chi connectivity index (χ3v) is 3.78. The maximum Gasteiger partial charge on any atom is 0.328 e. The highest BCUT2D eigenvalue weighted by Gasteiger charge is 2.28. The van der Waals surface area contributed by atoms with E-state index in [-0.39, 0.29) is 11.7 Å². The summed E-state index contributed by atoms with van der Waals surface area (Å²) in [5.41, 5.74) is 4.98. The van der Waals surface area contributed by atoms with E-state index in [9.17, 15) is 22.0 Å². The van der Waals surface area contributed by atoms with E-state index < -0.39 is 32.6 Å². The number of sulfonamides is 1. The Morgan fingerprint density at radius 2 is 1.95 bits per heavy atom. The zero-order chi connectivity index (χ0) is 14.2. The minimum Gasteiger partial charge on any atom is -0.399 e. The maximum atomic E-state index is 13.4. The van der Waals surface area contributed by atoms with Crippen LogP contribution < -0.4 is 15.8 Å². The Balaban J connectivity index is 2.25. The van der Waals surface area contributed by atoms with Crippen LogP contribution in [0.25, 0.3) is 0 Å². The molecule has 1 fully saturated rings. The number of anilines is 1.